The van der Waals surface area contributed by atoms with E-state index in [4.69, 9.17) is 5.11 Å². The minimum atomic E-state index is -0.733. The highest BCUT2D eigenvalue weighted by molar-refractivity contribution is 8.01. The summed E-state index contributed by atoms with van der Waals surface area (Å²) in [4.78, 5) is 10.7. The first kappa shape index (κ1) is 10.9. The first-order chi connectivity index (χ1) is 6.02. The van der Waals surface area contributed by atoms with Gasteiger partial charge in [0.05, 0.1) is 4.87 Å². The van der Waals surface area contributed by atoms with E-state index in [2.05, 4.69) is 26.1 Å². The number of carboxylic acids is 1. The molecule has 1 aliphatic heterocycles. The SMILES string of the molecule is CCC1(C(C)C)N[C@H](C(=O)O)CS1. The fraction of sp³-hybridized carbons (Fsp3) is 0.889. The van der Waals surface area contributed by atoms with E-state index in [1.165, 1.54) is 0 Å². The van der Waals surface area contributed by atoms with Crippen molar-refractivity contribution in [2.75, 3.05) is 5.75 Å². The van der Waals surface area contributed by atoms with E-state index in [0.29, 0.717) is 11.7 Å². The molecule has 0 aromatic carbocycles. The van der Waals surface area contributed by atoms with Gasteiger partial charge in [0, 0.05) is 5.75 Å². The lowest BCUT2D eigenvalue weighted by Crippen LogP contribution is -2.47. The molecule has 0 bridgehead atoms. The second-order valence-corrected chi connectivity index (χ2v) is 5.09. The van der Waals surface area contributed by atoms with Gasteiger partial charge >= 0.3 is 5.97 Å². The van der Waals surface area contributed by atoms with Crippen molar-refractivity contribution in [3.8, 4) is 0 Å². The molecule has 0 radical (unpaired) electrons. The number of carbonyl (C=O) groups is 1. The van der Waals surface area contributed by atoms with Gasteiger partial charge in [-0.05, 0) is 12.3 Å². The molecule has 1 unspecified atom stereocenters. The lowest BCUT2D eigenvalue weighted by Gasteiger charge is -2.32. The molecule has 0 spiro atoms. The molecule has 2 N–H and O–H groups in total. The molecule has 0 saturated carbocycles. The monoisotopic (exact) mass is 203 g/mol. The lowest BCUT2D eigenvalue weighted by atomic mass is 10.00. The second kappa shape index (κ2) is 3.88. The molecule has 1 fully saturated rings. The van der Waals surface area contributed by atoms with Crippen LogP contribution in [-0.2, 0) is 4.79 Å². The van der Waals surface area contributed by atoms with Crippen LogP contribution in [0, 0.1) is 5.92 Å². The molecule has 2 atom stereocenters. The van der Waals surface area contributed by atoms with Gasteiger partial charge in [0.2, 0.25) is 0 Å². The van der Waals surface area contributed by atoms with Crippen LogP contribution >= 0.6 is 11.8 Å². The summed E-state index contributed by atoms with van der Waals surface area (Å²) in [6, 6.07) is -0.368. The topological polar surface area (TPSA) is 49.3 Å². The van der Waals surface area contributed by atoms with Crippen LogP contribution in [0.3, 0.4) is 0 Å². The van der Waals surface area contributed by atoms with Crippen molar-refractivity contribution in [1.29, 1.82) is 0 Å². The fourth-order valence-electron chi connectivity index (χ4n) is 1.69. The Labute approximate surface area is 83.3 Å². The standard InChI is InChI=1S/C9H17NO2S/c1-4-9(6(2)3)10-7(5-13-9)8(11)12/h6-7,10H,4-5H2,1-3H3,(H,11,12)/t7-,9?/m0/s1. The van der Waals surface area contributed by atoms with Gasteiger partial charge < -0.3 is 5.11 Å². The van der Waals surface area contributed by atoms with Crippen molar-refractivity contribution in [1.82, 2.24) is 5.32 Å². The quantitative estimate of drug-likeness (QED) is 0.730. The summed E-state index contributed by atoms with van der Waals surface area (Å²) in [5.41, 5.74) is 0. The highest BCUT2D eigenvalue weighted by atomic mass is 32.2. The third-order valence-corrected chi connectivity index (χ3v) is 4.58. The maximum absolute atomic E-state index is 10.8. The Bertz CT molecular complexity index is 208. The Morgan fingerprint density at radius 3 is 2.62 bits per heavy atom. The van der Waals surface area contributed by atoms with E-state index in [1.807, 2.05) is 0 Å². The van der Waals surface area contributed by atoms with Crippen LogP contribution in [-0.4, -0.2) is 27.7 Å². The molecular weight excluding hydrogens is 186 g/mol. The number of hydrogen-bond acceptors (Lipinski definition) is 3. The maximum atomic E-state index is 10.8. The molecule has 0 aromatic heterocycles. The third kappa shape index (κ3) is 1.99. The Morgan fingerprint density at radius 2 is 2.38 bits per heavy atom. The molecule has 1 rings (SSSR count). The molecule has 1 aliphatic rings. The second-order valence-electron chi connectivity index (χ2n) is 3.74. The number of carboxylic acid groups (broad SMARTS) is 1. The first-order valence-electron chi connectivity index (χ1n) is 4.66. The van der Waals surface area contributed by atoms with E-state index < -0.39 is 5.97 Å². The normalized spacial score (nSPS) is 34.0. The van der Waals surface area contributed by atoms with Crippen molar-refractivity contribution in [3.63, 3.8) is 0 Å². The van der Waals surface area contributed by atoms with E-state index in [-0.39, 0.29) is 10.9 Å². The first-order valence-corrected chi connectivity index (χ1v) is 5.65. The van der Waals surface area contributed by atoms with Crippen LogP contribution in [0.2, 0.25) is 0 Å². The number of rotatable bonds is 3. The maximum Gasteiger partial charge on any atom is 0.321 e. The molecule has 13 heavy (non-hydrogen) atoms. The van der Waals surface area contributed by atoms with Crippen molar-refractivity contribution in [2.45, 2.75) is 38.1 Å². The summed E-state index contributed by atoms with van der Waals surface area (Å²) in [5, 5.41) is 12.1. The largest absolute Gasteiger partial charge is 0.480 e. The van der Waals surface area contributed by atoms with Crippen LogP contribution < -0.4 is 5.32 Å². The molecule has 1 heterocycles. The summed E-state index contributed by atoms with van der Waals surface area (Å²) in [7, 11) is 0. The van der Waals surface area contributed by atoms with Gasteiger partial charge in [-0.3, -0.25) is 10.1 Å². The summed E-state index contributed by atoms with van der Waals surface area (Å²) >= 11 is 1.74. The van der Waals surface area contributed by atoms with Gasteiger partial charge in [-0.25, -0.2) is 0 Å². The minimum absolute atomic E-state index is 0.0247. The zero-order valence-electron chi connectivity index (χ0n) is 8.33. The van der Waals surface area contributed by atoms with Gasteiger partial charge in [-0.1, -0.05) is 20.8 Å². The van der Waals surface area contributed by atoms with Crippen molar-refractivity contribution < 1.29 is 9.90 Å². The molecular formula is C9H17NO2S. The Kier molecular flexibility index (Phi) is 3.24. The third-order valence-electron chi connectivity index (χ3n) is 2.68. The number of nitrogens with one attached hydrogen (secondary N) is 1. The number of thioether (sulfide) groups is 1. The molecule has 76 valence electrons. The lowest BCUT2D eigenvalue weighted by molar-refractivity contribution is -0.139. The van der Waals surface area contributed by atoms with E-state index >= 15 is 0 Å². The molecule has 0 aromatic rings. The Balaban J connectivity index is 2.68. The van der Waals surface area contributed by atoms with E-state index in [9.17, 15) is 4.79 Å². The van der Waals surface area contributed by atoms with Crippen LogP contribution in [0.5, 0.6) is 0 Å². The summed E-state index contributed by atoms with van der Waals surface area (Å²) < 4.78 is 0. The molecule has 4 heteroatoms. The van der Waals surface area contributed by atoms with Crippen molar-refractivity contribution in [2.24, 2.45) is 5.92 Å². The average molecular weight is 203 g/mol. The number of aliphatic carboxylic acids is 1. The van der Waals surface area contributed by atoms with Crippen molar-refractivity contribution >= 4 is 17.7 Å². The molecule has 1 saturated heterocycles. The van der Waals surface area contributed by atoms with Gasteiger partial charge in [-0.2, -0.15) is 0 Å². The highest BCUT2D eigenvalue weighted by Gasteiger charge is 2.42. The molecule has 3 nitrogen and oxygen atoms in total. The smallest absolute Gasteiger partial charge is 0.321 e. The molecule has 0 aliphatic carbocycles. The zero-order chi connectivity index (χ0) is 10.1. The van der Waals surface area contributed by atoms with Crippen LogP contribution in [0.4, 0.5) is 0 Å². The zero-order valence-corrected chi connectivity index (χ0v) is 9.15. The van der Waals surface area contributed by atoms with E-state index in [1.54, 1.807) is 11.8 Å². The highest BCUT2D eigenvalue weighted by Crippen LogP contribution is 2.39. The number of hydrogen-bond donors (Lipinski definition) is 2. The van der Waals surface area contributed by atoms with Gasteiger partial charge in [0.25, 0.3) is 0 Å². The minimum Gasteiger partial charge on any atom is -0.480 e. The van der Waals surface area contributed by atoms with Crippen LogP contribution in [0.25, 0.3) is 0 Å². The Hall–Kier alpha value is -0.220. The van der Waals surface area contributed by atoms with E-state index in [0.717, 1.165) is 6.42 Å². The Morgan fingerprint density at radius 1 is 1.77 bits per heavy atom. The fourth-order valence-corrected chi connectivity index (χ4v) is 3.14. The van der Waals surface area contributed by atoms with Crippen molar-refractivity contribution in [3.05, 3.63) is 0 Å². The van der Waals surface area contributed by atoms with Gasteiger partial charge in [0.1, 0.15) is 6.04 Å². The average Bonchev–Trinajstić information content (AvgIpc) is 2.49. The predicted octanol–water partition coefficient (Wildman–Crippen LogP) is 1.54. The molecule has 0 amide bonds. The predicted molar refractivity (Wildman–Crippen MR) is 54.9 cm³/mol. The summed E-state index contributed by atoms with van der Waals surface area (Å²) in [6.07, 6.45) is 0.971. The summed E-state index contributed by atoms with van der Waals surface area (Å²) in [5.74, 6) is 0.414. The van der Waals surface area contributed by atoms with Crippen LogP contribution in [0.15, 0.2) is 0 Å². The van der Waals surface area contributed by atoms with Gasteiger partial charge in [0.15, 0.2) is 0 Å². The van der Waals surface area contributed by atoms with Crippen LogP contribution in [0.1, 0.15) is 27.2 Å². The van der Waals surface area contributed by atoms with Gasteiger partial charge in [-0.15, -0.1) is 11.8 Å². The summed E-state index contributed by atoms with van der Waals surface area (Å²) in [6.45, 7) is 6.37.